The Hall–Kier alpha value is -1.35. The predicted molar refractivity (Wildman–Crippen MR) is 70.3 cm³/mol. The van der Waals surface area contributed by atoms with Crippen molar-refractivity contribution < 1.29 is 0 Å². The molecule has 0 unspecified atom stereocenters. The maximum absolute atomic E-state index is 4.73. The number of aromatic amines is 1. The van der Waals surface area contributed by atoms with Gasteiger partial charge in [-0.1, -0.05) is 13.0 Å². The predicted octanol–water partition coefficient (Wildman–Crippen LogP) is 2.59. The van der Waals surface area contributed by atoms with Crippen molar-refractivity contribution >= 4 is 11.0 Å². The average Bonchev–Trinajstić information content (AvgIpc) is 2.82. The molecule has 0 saturated carbocycles. The minimum Gasteiger partial charge on any atom is -0.342 e. The van der Waals surface area contributed by atoms with Gasteiger partial charge >= 0.3 is 0 Å². The quantitative estimate of drug-likeness (QED) is 0.831. The molecule has 17 heavy (non-hydrogen) atoms. The SMILES string of the molecule is CCc1ccc2nc(C3CCNCC3)[nH]c2c1. The van der Waals surface area contributed by atoms with E-state index in [0.717, 1.165) is 25.0 Å². The van der Waals surface area contributed by atoms with E-state index in [9.17, 15) is 0 Å². The molecular weight excluding hydrogens is 210 g/mol. The normalized spacial score (nSPS) is 17.7. The number of fused-ring (bicyclic) bond motifs is 1. The fourth-order valence-corrected chi connectivity index (χ4v) is 2.59. The summed E-state index contributed by atoms with van der Waals surface area (Å²) in [6, 6.07) is 6.54. The van der Waals surface area contributed by atoms with Gasteiger partial charge in [0.05, 0.1) is 11.0 Å². The first kappa shape index (κ1) is 10.8. The van der Waals surface area contributed by atoms with Crippen LogP contribution < -0.4 is 5.32 Å². The molecule has 0 aliphatic carbocycles. The Morgan fingerprint density at radius 3 is 2.88 bits per heavy atom. The third-order valence-corrected chi connectivity index (χ3v) is 3.70. The molecule has 2 aromatic rings. The zero-order chi connectivity index (χ0) is 11.7. The van der Waals surface area contributed by atoms with E-state index in [0.29, 0.717) is 5.92 Å². The van der Waals surface area contributed by atoms with E-state index in [1.807, 2.05) is 0 Å². The van der Waals surface area contributed by atoms with Gasteiger partial charge in [0.15, 0.2) is 0 Å². The molecule has 1 aliphatic heterocycles. The van der Waals surface area contributed by atoms with E-state index in [1.165, 1.54) is 29.7 Å². The highest BCUT2D eigenvalue weighted by Crippen LogP contribution is 2.25. The van der Waals surface area contributed by atoms with Crippen molar-refractivity contribution in [2.75, 3.05) is 13.1 Å². The standard InChI is InChI=1S/C14H19N3/c1-2-10-3-4-12-13(9-10)17-14(16-12)11-5-7-15-8-6-11/h3-4,9,11,15H,2,5-8H2,1H3,(H,16,17). The minimum atomic E-state index is 0.605. The van der Waals surface area contributed by atoms with Gasteiger partial charge in [-0.05, 0) is 50.0 Å². The number of piperidine rings is 1. The zero-order valence-electron chi connectivity index (χ0n) is 10.3. The molecular formula is C14H19N3. The number of imidazole rings is 1. The molecule has 0 radical (unpaired) electrons. The van der Waals surface area contributed by atoms with Gasteiger partial charge in [-0.15, -0.1) is 0 Å². The Labute approximate surface area is 102 Å². The lowest BCUT2D eigenvalue weighted by Gasteiger charge is -2.20. The van der Waals surface area contributed by atoms with Crippen LogP contribution in [0.4, 0.5) is 0 Å². The van der Waals surface area contributed by atoms with Gasteiger partial charge in [0.1, 0.15) is 5.82 Å². The Balaban J connectivity index is 1.95. The van der Waals surface area contributed by atoms with Crippen molar-refractivity contribution in [3.63, 3.8) is 0 Å². The molecule has 0 spiro atoms. The van der Waals surface area contributed by atoms with Crippen LogP contribution >= 0.6 is 0 Å². The number of aromatic nitrogens is 2. The molecule has 3 rings (SSSR count). The molecule has 1 fully saturated rings. The molecule has 2 N–H and O–H groups in total. The lowest BCUT2D eigenvalue weighted by molar-refractivity contribution is 0.448. The summed E-state index contributed by atoms with van der Waals surface area (Å²) in [5, 5.41) is 3.39. The summed E-state index contributed by atoms with van der Waals surface area (Å²) < 4.78 is 0. The highest BCUT2D eigenvalue weighted by Gasteiger charge is 2.18. The summed E-state index contributed by atoms with van der Waals surface area (Å²) in [6.07, 6.45) is 3.47. The maximum atomic E-state index is 4.73. The van der Waals surface area contributed by atoms with Gasteiger partial charge in [-0.2, -0.15) is 0 Å². The van der Waals surface area contributed by atoms with Crippen LogP contribution in [0.25, 0.3) is 11.0 Å². The number of hydrogen-bond acceptors (Lipinski definition) is 2. The second-order valence-electron chi connectivity index (χ2n) is 4.85. The largest absolute Gasteiger partial charge is 0.342 e. The van der Waals surface area contributed by atoms with E-state index >= 15 is 0 Å². The highest BCUT2D eigenvalue weighted by atomic mass is 14.9. The Morgan fingerprint density at radius 2 is 2.12 bits per heavy atom. The molecule has 90 valence electrons. The van der Waals surface area contributed by atoms with Gasteiger partial charge in [-0.25, -0.2) is 4.98 Å². The zero-order valence-corrected chi connectivity index (χ0v) is 10.3. The molecule has 1 aromatic heterocycles. The average molecular weight is 229 g/mol. The van der Waals surface area contributed by atoms with Crippen molar-refractivity contribution in [1.82, 2.24) is 15.3 Å². The second kappa shape index (κ2) is 4.49. The van der Waals surface area contributed by atoms with Crippen LogP contribution in [0.2, 0.25) is 0 Å². The fraction of sp³-hybridized carbons (Fsp3) is 0.500. The fourth-order valence-electron chi connectivity index (χ4n) is 2.59. The molecule has 2 heterocycles. The first-order chi connectivity index (χ1) is 8.36. The summed E-state index contributed by atoms with van der Waals surface area (Å²) in [6.45, 7) is 4.41. The van der Waals surface area contributed by atoms with Crippen LogP contribution in [0.5, 0.6) is 0 Å². The Bertz CT molecular complexity index is 509. The van der Waals surface area contributed by atoms with E-state index < -0.39 is 0 Å². The molecule has 3 heteroatoms. The summed E-state index contributed by atoms with van der Waals surface area (Å²) in [7, 11) is 0. The molecule has 0 amide bonds. The smallest absolute Gasteiger partial charge is 0.110 e. The Kier molecular flexibility index (Phi) is 2.85. The van der Waals surface area contributed by atoms with E-state index in [4.69, 9.17) is 4.98 Å². The maximum Gasteiger partial charge on any atom is 0.110 e. The van der Waals surface area contributed by atoms with Crippen LogP contribution in [0.15, 0.2) is 18.2 Å². The molecule has 1 aromatic carbocycles. The van der Waals surface area contributed by atoms with E-state index in [-0.39, 0.29) is 0 Å². The van der Waals surface area contributed by atoms with Gasteiger partial charge in [0.2, 0.25) is 0 Å². The summed E-state index contributed by atoms with van der Waals surface area (Å²) >= 11 is 0. The molecule has 3 nitrogen and oxygen atoms in total. The van der Waals surface area contributed by atoms with Crippen LogP contribution in [-0.4, -0.2) is 23.1 Å². The van der Waals surface area contributed by atoms with Crippen LogP contribution in [-0.2, 0) is 6.42 Å². The minimum absolute atomic E-state index is 0.605. The molecule has 0 atom stereocenters. The van der Waals surface area contributed by atoms with Crippen molar-refractivity contribution in [3.8, 4) is 0 Å². The number of hydrogen-bond donors (Lipinski definition) is 2. The van der Waals surface area contributed by atoms with Crippen LogP contribution in [0.1, 0.15) is 37.1 Å². The van der Waals surface area contributed by atoms with E-state index in [2.05, 4.69) is 35.4 Å². The number of rotatable bonds is 2. The molecule has 1 saturated heterocycles. The summed E-state index contributed by atoms with van der Waals surface area (Å²) in [5.74, 6) is 1.78. The topological polar surface area (TPSA) is 40.7 Å². The van der Waals surface area contributed by atoms with Crippen molar-refractivity contribution in [1.29, 1.82) is 0 Å². The number of nitrogens with one attached hydrogen (secondary N) is 2. The summed E-state index contributed by atoms with van der Waals surface area (Å²) in [4.78, 5) is 8.23. The second-order valence-corrected chi connectivity index (χ2v) is 4.85. The monoisotopic (exact) mass is 229 g/mol. The first-order valence-corrected chi connectivity index (χ1v) is 6.56. The van der Waals surface area contributed by atoms with Crippen LogP contribution in [0.3, 0.4) is 0 Å². The van der Waals surface area contributed by atoms with Gasteiger partial charge in [0, 0.05) is 5.92 Å². The van der Waals surface area contributed by atoms with Gasteiger partial charge in [0.25, 0.3) is 0 Å². The number of H-pyrrole nitrogens is 1. The van der Waals surface area contributed by atoms with Crippen molar-refractivity contribution in [3.05, 3.63) is 29.6 Å². The Morgan fingerprint density at radius 1 is 1.29 bits per heavy atom. The lowest BCUT2D eigenvalue weighted by Crippen LogP contribution is -2.27. The van der Waals surface area contributed by atoms with Crippen molar-refractivity contribution in [2.45, 2.75) is 32.1 Å². The van der Waals surface area contributed by atoms with Crippen LogP contribution in [0, 0.1) is 0 Å². The number of nitrogens with zero attached hydrogens (tertiary/aromatic N) is 1. The molecule has 1 aliphatic rings. The number of benzene rings is 1. The third kappa shape index (κ3) is 2.07. The summed E-state index contributed by atoms with van der Waals surface area (Å²) in [5.41, 5.74) is 3.67. The van der Waals surface area contributed by atoms with Gasteiger partial charge in [-0.3, -0.25) is 0 Å². The third-order valence-electron chi connectivity index (χ3n) is 3.70. The number of aryl methyl sites for hydroxylation is 1. The highest BCUT2D eigenvalue weighted by molar-refractivity contribution is 5.76. The van der Waals surface area contributed by atoms with E-state index in [1.54, 1.807) is 0 Å². The van der Waals surface area contributed by atoms with Crippen molar-refractivity contribution in [2.24, 2.45) is 0 Å². The lowest BCUT2D eigenvalue weighted by atomic mass is 9.98. The molecule has 0 bridgehead atoms. The van der Waals surface area contributed by atoms with Gasteiger partial charge < -0.3 is 10.3 Å². The first-order valence-electron chi connectivity index (χ1n) is 6.56.